The van der Waals surface area contributed by atoms with Crippen LogP contribution in [0.2, 0.25) is 0 Å². The summed E-state index contributed by atoms with van der Waals surface area (Å²) >= 11 is 0. The predicted octanol–water partition coefficient (Wildman–Crippen LogP) is 4.94. The molecule has 3 amide bonds. The average molecular weight is 569 g/mol. The molecule has 2 atom stereocenters. The molecule has 3 aromatic carbocycles. The van der Waals surface area contributed by atoms with Crippen molar-refractivity contribution >= 4 is 23.9 Å². The van der Waals surface area contributed by atoms with Gasteiger partial charge in [0.2, 0.25) is 5.72 Å². The molecule has 216 valence electrons. The second kappa shape index (κ2) is 12.4. The van der Waals surface area contributed by atoms with Crippen LogP contribution >= 0.6 is 0 Å². The van der Waals surface area contributed by atoms with Crippen molar-refractivity contribution in [2.24, 2.45) is 0 Å². The monoisotopic (exact) mass is 568 g/mol. The minimum absolute atomic E-state index is 0.0407. The zero-order valence-corrected chi connectivity index (χ0v) is 23.5. The van der Waals surface area contributed by atoms with Gasteiger partial charge in [-0.3, -0.25) is 14.6 Å². The Morgan fingerprint density at radius 1 is 0.810 bits per heavy atom. The summed E-state index contributed by atoms with van der Waals surface area (Å²) in [4.78, 5) is 56.3. The van der Waals surface area contributed by atoms with Crippen molar-refractivity contribution in [1.82, 2.24) is 9.80 Å². The fourth-order valence-corrected chi connectivity index (χ4v) is 5.02. The summed E-state index contributed by atoms with van der Waals surface area (Å²) in [6.45, 7) is 3.75. The van der Waals surface area contributed by atoms with Crippen LogP contribution < -0.4 is 0 Å². The van der Waals surface area contributed by atoms with Gasteiger partial charge >= 0.3 is 18.0 Å². The highest BCUT2D eigenvalue weighted by Crippen LogP contribution is 2.37. The third-order valence-electron chi connectivity index (χ3n) is 7.42. The number of aryl methyl sites for hydroxylation is 2. The molecule has 0 saturated carbocycles. The minimum Gasteiger partial charge on any atom is -0.459 e. The number of amides is 3. The van der Waals surface area contributed by atoms with Crippen LogP contribution in [0.5, 0.6) is 0 Å². The molecule has 2 aliphatic heterocycles. The summed E-state index contributed by atoms with van der Waals surface area (Å²) in [6, 6.07) is 21.6. The first-order chi connectivity index (χ1) is 20.3. The van der Waals surface area contributed by atoms with Crippen LogP contribution in [-0.4, -0.2) is 71.8 Å². The SMILES string of the molecule is Cc1ccc(C(=O)OC[C@@H]2OCC[C@]2(OC(=O)c2ccc(C)cc2)N2CC=CCN(C(=O)c3ccccc3)C2=O)cc1. The zero-order chi connectivity index (χ0) is 29.7. The van der Waals surface area contributed by atoms with Crippen molar-refractivity contribution in [3.63, 3.8) is 0 Å². The van der Waals surface area contributed by atoms with Gasteiger partial charge < -0.3 is 14.2 Å². The van der Waals surface area contributed by atoms with E-state index in [9.17, 15) is 19.2 Å². The molecule has 2 aliphatic rings. The maximum atomic E-state index is 14.1. The van der Waals surface area contributed by atoms with E-state index in [1.54, 1.807) is 91.0 Å². The smallest absolute Gasteiger partial charge is 0.340 e. The Labute approximate surface area is 244 Å². The Kier molecular flexibility index (Phi) is 8.49. The van der Waals surface area contributed by atoms with Crippen molar-refractivity contribution in [3.8, 4) is 0 Å². The Morgan fingerprint density at radius 2 is 1.40 bits per heavy atom. The fraction of sp³-hybridized carbons (Fsp3) is 0.273. The fourth-order valence-electron chi connectivity index (χ4n) is 5.02. The van der Waals surface area contributed by atoms with Gasteiger partial charge in [-0.2, -0.15) is 0 Å². The summed E-state index contributed by atoms with van der Waals surface area (Å²) in [6.07, 6.45) is 2.57. The van der Waals surface area contributed by atoms with Gasteiger partial charge in [-0.05, 0) is 50.2 Å². The number of urea groups is 1. The molecular formula is C33H32N2O7. The summed E-state index contributed by atoms with van der Waals surface area (Å²) in [5.41, 5.74) is 1.30. The largest absolute Gasteiger partial charge is 0.459 e. The molecule has 2 heterocycles. The molecule has 3 aromatic rings. The average Bonchev–Trinajstić information content (AvgIpc) is 3.29. The van der Waals surface area contributed by atoms with Crippen molar-refractivity contribution in [3.05, 3.63) is 119 Å². The molecule has 0 radical (unpaired) electrons. The molecular weight excluding hydrogens is 536 g/mol. The van der Waals surface area contributed by atoms with Gasteiger partial charge in [-0.15, -0.1) is 0 Å². The van der Waals surface area contributed by atoms with Crippen molar-refractivity contribution < 1.29 is 33.4 Å². The minimum atomic E-state index is -1.66. The lowest BCUT2D eigenvalue weighted by Crippen LogP contribution is -2.63. The Hall–Kier alpha value is -4.76. The predicted molar refractivity (Wildman–Crippen MR) is 154 cm³/mol. The van der Waals surface area contributed by atoms with Crippen LogP contribution in [0.15, 0.2) is 91.0 Å². The number of rotatable bonds is 7. The summed E-state index contributed by atoms with van der Waals surface area (Å²) in [5, 5.41) is 0. The highest BCUT2D eigenvalue weighted by Gasteiger charge is 2.56. The topological polar surface area (TPSA) is 102 Å². The van der Waals surface area contributed by atoms with Gasteiger partial charge in [-0.25, -0.2) is 14.4 Å². The van der Waals surface area contributed by atoms with Crippen LogP contribution in [0.4, 0.5) is 4.79 Å². The van der Waals surface area contributed by atoms with E-state index in [4.69, 9.17) is 14.2 Å². The van der Waals surface area contributed by atoms with E-state index in [0.717, 1.165) is 16.0 Å². The Bertz CT molecular complexity index is 1490. The summed E-state index contributed by atoms with van der Waals surface area (Å²) < 4.78 is 17.8. The first-order valence-corrected chi connectivity index (χ1v) is 13.8. The number of hydrogen-bond acceptors (Lipinski definition) is 7. The number of carbonyl (C=O) groups excluding carboxylic acids is 4. The maximum absolute atomic E-state index is 14.1. The van der Waals surface area contributed by atoms with Gasteiger partial charge in [0.05, 0.1) is 17.7 Å². The third kappa shape index (κ3) is 5.96. The van der Waals surface area contributed by atoms with Crippen LogP contribution in [0, 0.1) is 13.8 Å². The van der Waals surface area contributed by atoms with E-state index in [-0.39, 0.29) is 38.3 Å². The van der Waals surface area contributed by atoms with Crippen molar-refractivity contribution in [2.75, 3.05) is 26.3 Å². The van der Waals surface area contributed by atoms with E-state index in [2.05, 4.69) is 0 Å². The zero-order valence-electron chi connectivity index (χ0n) is 23.5. The first-order valence-electron chi connectivity index (χ1n) is 13.8. The first kappa shape index (κ1) is 28.8. The van der Waals surface area contributed by atoms with Crippen LogP contribution in [0.1, 0.15) is 48.6 Å². The van der Waals surface area contributed by atoms with Crippen LogP contribution in [0.3, 0.4) is 0 Å². The van der Waals surface area contributed by atoms with Gasteiger partial charge in [0.15, 0.2) is 6.10 Å². The molecule has 0 unspecified atom stereocenters. The number of imide groups is 1. The summed E-state index contributed by atoms with van der Waals surface area (Å²) in [7, 11) is 0. The third-order valence-corrected chi connectivity index (χ3v) is 7.42. The highest BCUT2D eigenvalue weighted by molar-refractivity contribution is 6.04. The van der Waals surface area contributed by atoms with Crippen LogP contribution in [-0.2, 0) is 14.2 Å². The molecule has 0 spiro atoms. The second-order valence-electron chi connectivity index (χ2n) is 10.3. The standard InChI is InChI=1S/C33H32N2O7/c1-23-10-14-26(15-11-23)30(37)41-22-28-33(18-21-40-28,42-31(38)27-16-12-24(2)13-17-27)35-20-7-6-19-34(32(35)39)29(36)25-8-4-3-5-9-25/h3-17,28H,18-22H2,1-2H3/t28-,33+/m0/s1. The molecule has 0 aliphatic carbocycles. The number of hydrogen-bond donors (Lipinski definition) is 0. The number of nitrogens with zero attached hydrogens (tertiary/aromatic N) is 2. The molecule has 1 fully saturated rings. The van der Waals surface area contributed by atoms with Gasteiger partial charge in [0.1, 0.15) is 6.61 Å². The van der Waals surface area contributed by atoms with Crippen LogP contribution in [0.25, 0.3) is 0 Å². The Morgan fingerprint density at radius 3 is 2.05 bits per heavy atom. The number of benzene rings is 3. The van der Waals surface area contributed by atoms with E-state index >= 15 is 0 Å². The van der Waals surface area contributed by atoms with Gasteiger partial charge in [0, 0.05) is 25.1 Å². The summed E-state index contributed by atoms with van der Waals surface area (Å²) in [5.74, 6) is -1.73. The molecule has 9 nitrogen and oxygen atoms in total. The van der Waals surface area contributed by atoms with Gasteiger partial charge in [0.25, 0.3) is 5.91 Å². The van der Waals surface area contributed by atoms with E-state index in [0.29, 0.717) is 11.1 Å². The normalized spacial score (nSPS) is 20.2. The molecule has 9 heteroatoms. The molecule has 0 aromatic heterocycles. The number of esters is 2. The lowest BCUT2D eigenvalue weighted by Gasteiger charge is -2.43. The number of carbonyl (C=O) groups is 4. The molecule has 0 bridgehead atoms. The molecule has 5 rings (SSSR count). The highest BCUT2D eigenvalue weighted by atomic mass is 16.6. The van der Waals surface area contributed by atoms with E-state index in [1.165, 1.54) is 4.90 Å². The van der Waals surface area contributed by atoms with Crippen molar-refractivity contribution in [2.45, 2.75) is 32.1 Å². The maximum Gasteiger partial charge on any atom is 0.340 e. The second-order valence-corrected chi connectivity index (χ2v) is 10.3. The molecule has 1 saturated heterocycles. The Balaban J connectivity index is 1.47. The lowest BCUT2D eigenvalue weighted by molar-refractivity contribution is -0.143. The van der Waals surface area contributed by atoms with Crippen molar-refractivity contribution in [1.29, 1.82) is 0 Å². The quantitative estimate of drug-likeness (QED) is 0.294. The number of ether oxygens (including phenoxy) is 3. The molecule has 0 N–H and O–H groups in total. The van der Waals surface area contributed by atoms with Gasteiger partial charge in [-0.1, -0.05) is 65.7 Å². The molecule has 42 heavy (non-hydrogen) atoms. The van der Waals surface area contributed by atoms with E-state index in [1.807, 2.05) is 13.8 Å². The van der Waals surface area contributed by atoms with E-state index < -0.39 is 35.7 Å². The lowest BCUT2D eigenvalue weighted by atomic mass is 10.0.